The van der Waals surface area contributed by atoms with Gasteiger partial charge in [-0.2, -0.15) is 0 Å². The molecule has 0 radical (unpaired) electrons. The van der Waals surface area contributed by atoms with Crippen molar-refractivity contribution in [2.24, 2.45) is 0 Å². The Bertz CT molecular complexity index is 919. The molecule has 30 heavy (non-hydrogen) atoms. The van der Waals surface area contributed by atoms with Crippen LogP contribution in [-0.4, -0.2) is 56.0 Å². The Morgan fingerprint density at radius 3 is 2.23 bits per heavy atom. The Morgan fingerprint density at radius 2 is 1.60 bits per heavy atom. The number of hydrogen-bond acceptors (Lipinski definition) is 5. The minimum absolute atomic E-state index is 0.121. The molecule has 1 aliphatic heterocycles. The first-order valence-corrected chi connectivity index (χ1v) is 10.4. The summed E-state index contributed by atoms with van der Waals surface area (Å²) >= 11 is 0. The Hall–Kier alpha value is -2.86. The van der Waals surface area contributed by atoms with Gasteiger partial charge in [0.2, 0.25) is 0 Å². The van der Waals surface area contributed by atoms with Crippen LogP contribution in [0.15, 0.2) is 42.5 Å². The maximum atomic E-state index is 13.2. The topological polar surface area (TPSA) is 67.9 Å². The molecule has 6 nitrogen and oxygen atoms in total. The predicted molar refractivity (Wildman–Crippen MR) is 117 cm³/mol. The van der Waals surface area contributed by atoms with Crippen molar-refractivity contribution in [3.8, 4) is 11.5 Å². The summed E-state index contributed by atoms with van der Waals surface area (Å²) in [6.45, 7) is 5.70. The number of ether oxygens (including phenoxy) is 2. The number of carbonyl (C=O) groups is 2. The normalized spacial score (nSPS) is 13.2. The average molecular weight is 411 g/mol. The average Bonchev–Trinajstić information content (AvgIpc) is 2.79. The summed E-state index contributed by atoms with van der Waals surface area (Å²) < 4.78 is 11.1. The molecule has 0 fully saturated rings. The molecule has 3 rings (SSSR count). The van der Waals surface area contributed by atoms with Crippen LogP contribution in [0.1, 0.15) is 53.0 Å². The van der Waals surface area contributed by atoms with Crippen molar-refractivity contribution < 1.29 is 19.1 Å². The number of likely N-dealkylation sites (N-methyl/N-ethyl adjacent to an activating group) is 1. The molecule has 0 saturated carbocycles. The third-order valence-corrected chi connectivity index (χ3v) is 6.06. The van der Waals surface area contributed by atoms with Crippen molar-refractivity contribution in [3.63, 3.8) is 0 Å². The van der Waals surface area contributed by atoms with Crippen LogP contribution in [0.5, 0.6) is 11.5 Å². The smallest absolute Gasteiger partial charge is 0.252 e. The summed E-state index contributed by atoms with van der Waals surface area (Å²) in [5.74, 6) is 0.714. The zero-order valence-corrected chi connectivity index (χ0v) is 18.2. The first-order valence-electron chi connectivity index (χ1n) is 10.4. The van der Waals surface area contributed by atoms with Crippen LogP contribution in [0, 0.1) is 0 Å². The van der Waals surface area contributed by atoms with Crippen LogP contribution in [0.3, 0.4) is 0 Å². The first-order chi connectivity index (χ1) is 14.4. The molecule has 0 unspecified atom stereocenters. The number of nitrogens with zero attached hydrogens (tertiary/aromatic N) is 1. The second-order valence-corrected chi connectivity index (χ2v) is 7.74. The van der Waals surface area contributed by atoms with E-state index in [0.717, 1.165) is 12.8 Å². The lowest BCUT2D eigenvalue weighted by Gasteiger charge is -2.38. The fourth-order valence-corrected chi connectivity index (χ4v) is 3.85. The molecule has 1 N–H and O–H groups in total. The molecule has 0 saturated heterocycles. The Morgan fingerprint density at radius 1 is 0.967 bits per heavy atom. The van der Waals surface area contributed by atoms with Crippen molar-refractivity contribution in [2.45, 2.75) is 32.2 Å². The van der Waals surface area contributed by atoms with Crippen molar-refractivity contribution in [1.82, 2.24) is 10.2 Å². The van der Waals surface area contributed by atoms with E-state index in [0.29, 0.717) is 47.9 Å². The zero-order valence-electron chi connectivity index (χ0n) is 18.2. The molecule has 0 atom stereocenters. The number of hydrogen-bond donors (Lipinski definition) is 1. The van der Waals surface area contributed by atoms with Crippen LogP contribution in [0.4, 0.5) is 0 Å². The number of fused-ring (bicyclic) bond motifs is 1. The van der Waals surface area contributed by atoms with Crippen LogP contribution >= 0.6 is 0 Å². The molecule has 0 aliphatic carbocycles. The maximum absolute atomic E-state index is 13.2. The van der Waals surface area contributed by atoms with Crippen LogP contribution < -0.4 is 14.8 Å². The monoisotopic (exact) mass is 410 g/mol. The standard InChI is InChI=1S/C24H30N2O4/c1-5-24(6-2,26(3)4)16-25-23(28)19-10-8-7-9-18(19)22(27)17-11-12-20-21(15-17)30-14-13-29-20/h7-12,15H,5-6,13-14,16H2,1-4H3,(H,25,28). The summed E-state index contributed by atoms with van der Waals surface area (Å²) in [7, 11) is 4.05. The quantitative estimate of drug-likeness (QED) is 0.674. The summed E-state index contributed by atoms with van der Waals surface area (Å²) in [5.41, 5.74) is 1.08. The molecule has 0 aromatic heterocycles. The fraction of sp³-hybridized carbons (Fsp3) is 0.417. The van der Waals surface area contributed by atoms with Gasteiger partial charge in [0.25, 0.3) is 5.91 Å². The van der Waals surface area contributed by atoms with E-state index >= 15 is 0 Å². The van der Waals surface area contributed by atoms with Gasteiger partial charge in [0, 0.05) is 23.2 Å². The Labute approximate surface area is 178 Å². The maximum Gasteiger partial charge on any atom is 0.252 e. The number of amides is 1. The van der Waals surface area contributed by atoms with Gasteiger partial charge in [-0.25, -0.2) is 0 Å². The van der Waals surface area contributed by atoms with Gasteiger partial charge < -0.3 is 19.7 Å². The highest BCUT2D eigenvalue weighted by Crippen LogP contribution is 2.31. The molecule has 2 aromatic carbocycles. The van der Waals surface area contributed by atoms with Crippen molar-refractivity contribution in [3.05, 3.63) is 59.2 Å². The van der Waals surface area contributed by atoms with E-state index in [1.165, 1.54) is 0 Å². The van der Waals surface area contributed by atoms with E-state index in [4.69, 9.17) is 9.47 Å². The van der Waals surface area contributed by atoms with Gasteiger partial charge in [-0.15, -0.1) is 0 Å². The van der Waals surface area contributed by atoms with E-state index in [1.807, 2.05) is 14.1 Å². The van der Waals surface area contributed by atoms with Gasteiger partial charge in [-0.05, 0) is 51.2 Å². The summed E-state index contributed by atoms with van der Waals surface area (Å²) in [6.07, 6.45) is 1.82. The first kappa shape index (κ1) is 21.8. The molecule has 1 heterocycles. The molecule has 0 bridgehead atoms. The molecule has 0 spiro atoms. The van der Waals surface area contributed by atoms with Crippen molar-refractivity contribution >= 4 is 11.7 Å². The van der Waals surface area contributed by atoms with Gasteiger partial charge in [-0.1, -0.05) is 32.0 Å². The number of ketones is 1. The lowest BCUT2D eigenvalue weighted by molar-refractivity contribution is 0.0876. The fourth-order valence-electron chi connectivity index (χ4n) is 3.85. The van der Waals surface area contributed by atoms with E-state index in [-0.39, 0.29) is 17.2 Å². The summed E-state index contributed by atoms with van der Waals surface area (Å²) in [6, 6.07) is 12.0. The molecular formula is C24H30N2O4. The van der Waals surface area contributed by atoms with Gasteiger partial charge >= 0.3 is 0 Å². The molecule has 160 valence electrons. The highest BCUT2D eigenvalue weighted by atomic mass is 16.6. The predicted octanol–water partition coefficient (Wildman–Crippen LogP) is 3.54. The highest BCUT2D eigenvalue weighted by molar-refractivity contribution is 6.15. The Kier molecular flexibility index (Phi) is 6.77. The zero-order chi connectivity index (χ0) is 21.7. The van der Waals surface area contributed by atoms with Crippen molar-refractivity contribution in [2.75, 3.05) is 33.9 Å². The second kappa shape index (κ2) is 9.30. The third-order valence-electron chi connectivity index (χ3n) is 6.06. The van der Waals surface area contributed by atoms with Gasteiger partial charge in [-0.3, -0.25) is 9.59 Å². The number of rotatable bonds is 8. The van der Waals surface area contributed by atoms with E-state index < -0.39 is 0 Å². The van der Waals surface area contributed by atoms with E-state index in [9.17, 15) is 9.59 Å². The third kappa shape index (κ3) is 4.33. The molecule has 2 aromatic rings. The molecular weight excluding hydrogens is 380 g/mol. The minimum Gasteiger partial charge on any atom is -0.486 e. The van der Waals surface area contributed by atoms with Gasteiger partial charge in [0.15, 0.2) is 17.3 Å². The lowest BCUT2D eigenvalue weighted by atomic mass is 9.91. The molecule has 6 heteroatoms. The Balaban J connectivity index is 1.83. The SMILES string of the molecule is CCC(CC)(CNC(=O)c1ccccc1C(=O)c1ccc2c(c1)OCCO2)N(C)C. The van der Waals surface area contributed by atoms with Crippen LogP contribution in [0.25, 0.3) is 0 Å². The minimum atomic E-state index is -0.246. The number of carbonyl (C=O) groups excluding carboxylic acids is 2. The second-order valence-electron chi connectivity index (χ2n) is 7.74. The van der Waals surface area contributed by atoms with Gasteiger partial charge in [0.05, 0.1) is 5.56 Å². The summed E-state index contributed by atoms with van der Waals surface area (Å²) in [4.78, 5) is 28.4. The molecule has 1 amide bonds. The van der Waals surface area contributed by atoms with Crippen molar-refractivity contribution in [1.29, 1.82) is 0 Å². The lowest BCUT2D eigenvalue weighted by Crippen LogP contribution is -2.52. The van der Waals surface area contributed by atoms with E-state index in [1.54, 1.807) is 42.5 Å². The number of nitrogens with one attached hydrogen (secondary N) is 1. The molecule has 1 aliphatic rings. The highest BCUT2D eigenvalue weighted by Gasteiger charge is 2.30. The van der Waals surface area contributed by atoms with Crippen LogP contribution in [-0.2, 0) is 0 Å². The van der Waals surface area contributed by atoms with Gasteiger partial charge in [0.1, 0.15) is 13.2 Å². The number of benzene rings is 2. The summed E-state index contributed by atoms with van der Waals surface area (Å²) in [5, 5.41) is 3.04. The largest absolute Gasteiger partial charge is 0.486 e. The van der Waals surface area contributed by atoms with E-state index in [2.05, 4.69) is 24.1 Å². The van der Waals surface area contributed by atoms with Crippen LogP contribution in [0.2, 0.25) is 0 Å².